The van der Waals surface area contributed by atoms with E-state index in [1.54, 1.807) is 24.3 Å². The smallest absolute Gasteiger partial charge is 0.337 e. The number of aliphatic hydroxyl groups is 1. The molecule has 1 aliphatic rings. The zero-order chi connectivity index (χ0) is 11.7. The van der Waals surface area contributed by atoms with Crippen molar-refractivity contribution in [2.24, 2.45) is 0 Å². The summed E-state index contributed by atoms with van der Waals surface area (Å²) in [5.74, 6) is 0.258. The number of hydrogen-bond acceptors (Lipinski definition) is 4. The maximum atomic E-state index is 11.3. The fourth-order valence-electron chi connectivity index (χ4n) is 1.62. The summed E-state index contributed by atoms with van der Waals surface area (Å²) in [6, 6.07) is 4.82. The Morgan fingerprint density at radius 1 is 1.50 bits per heavy atom. The molecular formula is C12H12O4. The monoisotopic (exact) mass is 220 g/mol. The van der Waals surface area contributed by atoms with Crippen molar-refractivity contribution in [1.29, 1.82) is 0 Å². The summed E-state index contributed by atoms with van der Waals surface area (Å²) < 4.78 is 10.1. The van der Waals surface area contributed by atoms with Gasteiger partial charge in [0.1, 0.15) is 17.6 Å². The predicted molar refractivity (Wildman–Crippen MR) is 58.5 cm³/mol. The van der Waals surface area contributed by atoms with E-state index in [1.165, 1.54) is 7.11 Å². The molecule has 1 aromatic rings. The van der Waals surface area contributed by atoms with Gasteiger partial charge in [0.15, 0.2) is 0 Å². The highest BCUT2D eigenvalue weighted by Gasteiger charge is 2.19. The van der Waals surface area contributed by atoms with Gasteiger partial charge < -0.3 is 14.6 Å². The van der Waals surface area contributed by atoms with E-state index in [0.717, 1.165) is 0 Å². The Kier molecular flexibility index (Phi) is 2.56. The largest absolute Gasteiger partial charge is 0.507 e. The minimum Gasteiger partial charge on any atom is -0.507 e. The summed E-state index contributed by atoms with van der Waals surface area (Å²) in [6.07, 6.45) is 1.42. The molecule has 4 heteroatoms. The van der Waals surface area contributed by atoms with Gasteiger partial charge in [0.25, 0.3) is 0 Å². The second kappa shape index (κ2) is 3.89. The predicted octanol–water partition coefficient (Wildman–Crippen LogP) is 2.15. The normalized spacial score (nSPS) is 18.1. The van der Waals surface area contributed by atoms with Crippen LogP contribution in [0.5, 0.6) is 5.75 Å². The number of aliphatic hydroxyl groups excluding tert-OH is 1. The van der Waals surface area contributed by atoms with E-state index in [4.69, 9.17) is 4.74 Å². The van der Waals surface area contributed by atoms with Crippen LogP contribution < -0.4 is 4.74 Å². The minimum atomic E-state index is -0.436. The highest BCUT2D eigenvalue weighted by atomic mass is 16.5. The molecule has 0 bridgehead atoms. The summed E-state index contributed by atoms with van der Waals surface area (Å²) >= 11 is 0. The van der Waals surface area contributed by atoms with Crippen molar-refractivity contribution in [3.05, 3.63) is 35.4 Å². The molecule has 1 heterocycles. The molecule has 0 amide bonds. The number of carbonyl (C=O) groups is 1. The van der Waals surface area contributed by atoms with Gasteiger partial charge in [-0.3, -0.25) is 0 Å². The van der Waals surface area contributed by atoms with E-state index in [2.05, 4.69) is 4.74 Å². The van der Waals surface area contributed by atoms with Gasteiger partial charge in [0, 0.05) is 0 Å². The van der Waals surface area contributed by atoms with Crippen LogP contribution in [0.3, 0.4) is 0 Å². The summed E-state index contributed by atoms with van der Waals surface area (Å²) in [5, 5.41) is 9.74. The lowest BCUT2D eigenvalue weighted by Crippen LogP contribution is -2.15. The lowest BCUT2D eigenvalue weighted by atomic mass is 10.0. The van der Waals surface area contributed by atoms with Crippen LogP contribution in [-0.2, 0) is 4.74 Å². The third-order valence-corrected chi connectivity index (χ3v) is 2.38. The molecule has 2 rings (SSSR count). The van der Waals surface area contributed by atoms with Gasteiger partial charge in [0.2, 0.25) is 0 Å². The highest BCUT2D eigenvalue weighted by Crippen LogP contribution is 2.31. The van der Waals surface area contributed by atoms with Crippen LogP contribution in [0.25, 0.3) is 5.76 Å². The average molecular weight is 220 g/mol. The molecule has 0 radical (unpaired) electrons. The molecule has 0 fully saturated rings. The number of fused-ring (bicyclic) bond motifs is 1. The van der Waals surface area contributed by atoms with E-state index in [-0.39, 0.29) is 11.9 Å². The number of benzene rings is 1. The average Bonchev–Trinajstić information content (AvgIpc) is 2.27. The number of carbonyl (C=O) groups excluding carboxylic acids is 1. The number of ether oxygens (including phenoxy) is 2. The van der Waals surface area contributed by atoms with Crippen molar-refractivity contribution >= 4 is 11.7 Å². The maximum Gasteiger partial charge on any atom is 0.337 e. The summed E-state index contributed by atoms with van der Waals surface area (Å²) in [4.78, 5) is 11.3. The first-order valence-corrected chi connectivity index (χ1v) is 4.92. The van der Waals surface area contributed by atoms with Crippen molar-refractivity contribution in [2.45, 2.75) is 13.0 Å². The molecule has 0 spiro atoms. The molecule has 1 atom stereocenters. The van der Waals surface area contributed by atoms with Crippen molar-refractivity contribution in [3.8, 4) is 5.75 Å². The lowest BCUT2D eigenvalue weighted by molar-refractivity contribution is 0.0600. The SMILES string of the molecule is COC(=O)c1ccc2c(c1)C(O)=C[C@@H](C)O2. The second-order valence-electron chi connectivity index (χ2n) is 3.58. The molecule has 0 aliphatic carbocycles. The molecule has 1 aliphatic heterocycles. The van der Waals surface area contributed by atoms with Crippen LogP contribution in [0.1, 0.15) is 22.8 Å². The number of methoxy groups -OCH3 is 1. The van der Waals surface area contributed by atoms with E-state index in [1.807, 2.05) is 6.92 Å². The second-order valence-corrected chi connectivity index (χ2v) is 3.58. The van der Waals surface area contributed by atoms with Gasteiger partial charge in [0.05, 0.1) is 18.2 Å². The third kappa shape index (κ3) is 1.74. The van der Waals surface area contributed by atoms with Crippen molar-refractivity contribution < 1.29 is 19.4 Å². The first-order chi connectivity index (χ1) is 7.61. The molecule has 4 nitrogen and oxygen atoms in total. The number of esters is 1. The third-order valence-electron chi connectivity index (χ3n) is 2.38. The molecule has 1 aromatic carbocycles. The van der Waals surface area contributed by atoms with Crippen molar-refractivity contribution in [2.75, 3.05) is 7.11 Å². The van der Waals surface area contributed by atoms with Crippen LogP contribution in [0.4, 0.5) is 0 Å². The zero-order valence-corrected chi connectivity index (χ0v) is 9.06. The Morgan fingerprint density at radius 2 is 2.25 bits per heavy atom. The molecule has 16 heavy (non-hydrogen) atoms. The Hall–Kier alpha value is -1.97. The van der Waals surface area contributed by atoms with Gasteiger partial charge in [-0.25, -0.2) is 4.79 Å². The van der Waals surface area contributed by atoms with Crippen LogP contribution in [-0.4, -0.2) is 24.3 Å². The van der Waals surface area contributed by atoms with E-state index < -0.39 is 5.97 Å². The molecule has 0 unspecified atom stereocenters. The quantitative estimate of drug-likeness (QED) is 0.737. The van der Waals surface area contributed by atoms with E-state index in [9.17, 15) is 9.90 Å². The molecule has 1 N–H and O–H groups in total. The van der Waals surface area contributed by atoms with Gasteiger partial charge in [-0.05, 0) is 31.2 Å². The minimum absolute atomic E-state index is 0.125. The molecule has 0 saturated heterocycles. The summed E-state index contributed by atoms with van der Waals surface area (Å²) in [6.45, 7) is 1.83. The van der Waals surface area contributed by atoms with Gasteiger partial charge in [-0.15, -0.1) is 0 Å². The van der Waals surface area contributed by atoms with Crippen LogP contribution in [0, 0.1) is 0 Å². The van der Waals surface area contributed by atoms with Crippen LogP contribution in [0.15, 0.2) is 24.3 Å². The molecular weight excluding hydrogens is 208 g/mol. The maximum absolute atomic E-state index is 11.3. The fourth-order valence-corrected chi connectivity index (χ4v) is 1.62. The Morgan fingerprint density at radius 3 is 2.94 bits per heavy atom. The van der Waals surface area contributed by atoms with Crippen LogP contribution in [0.2, 0.25) is 0 Å². The van der Waals surface area contributed by atoms with E-state index >= 15 is 0 Å². The standard InChI is InChI=1S/C12H12O4/c1-7-5-10(13)9-6-8(12(14)15-2)3-4-11(9)16-7/h3-7,13H,1-2H3/t7-/m1/s1. The van der Waals surface area contributed by atoms with Gasteiger partial charge in [-0.2, -0.15) is 0 Å². The first kappa shape index (κ1) is 10.5. The first-order valence-electron chi connectivity index (χ1n) is 4.92. The van der Waals surface area contributed by atoms with E-state index in [0.29, 0.717) is 16.9 Å². The molecule has 84 valence electrons. The summed E-state index contributed by atoms with van der Waals surface area (Å²) in [5.41, 5.74) is 0.903. The molecule has 0 saturated carbocycles. The topological polar surface area (TPSA) is 55.8 Å². The number of hydrogen-bond donors (Lipinski definition) is 1. The highest BCUT2D eigenvalue weighted by molar-refractivity contribution is 5.91. The van der Waals surface area contributed by atoms with Crippen molar-refractivity contribution in [1.82, 2.24) is 0 Å². The Labute approximate surface area is 93.1 Å². The van der Waals surface area contributed by atoms with Gasteiger partial charge in [-0.1, -0.05) is 0 Å². The zero-order valence-electron chi connectivity index (χ0n) is 9.06. The lowest BCUT2D eigenvalue weighted by Gasteiger charge is -2.20. The Balaban J connectivity index is 2.45. The fraction of sp³-hybridized carbons (Fsp3) is 0.250. The van der Waals surface area contributed by atoms with Crippen molar-refractivity contribution in [3.63, 3.8) is 0 Å². The summed E-state index contributed by atoms with van der Waals surface area (Å²) in [7, 11) is 1.32. The molecule has 0 aromatic heterocycles. The Bertz CT molecular complexity index is 462. The number of rotatable bonds is 1. The van der Waals surface area contributed by atoms with Crippen LogP contribution >= 0.6 is 0 Å². The van der Waals surface area contributed by atoms with Gasteiger partial charge >= 0.3 is 5.97 Å².